The fraction of sp³-hybridized carbons (Fsp3) is 0.533. The zero-order chi connectivity index (χ0) is 13.8. The molecule has 0 aromatic heterocycles. The van der Waals surface area contributed by atoms with Crippen molar-refractivity contribution in [2.45, 2.75) is 39.2 Å². The zero-order valence-electron chi connectivity index (χ0n) is 11.4. The molecule has 3 nitrogen and oxygen atoms in total. The van der Waals surface area contributed by atoms with E-state index in [0.29, 0.717) is 18.9 Å². The van der Waals surface area contributed by atoms with E-state index >= 15 is 0 Å². The lowest BCUT2D eigenvalue weighted by Gasteiger charge is -2.21. The minimum Gasteiger partial charge on any atom is -0.398 e. The number of carbonyl (C=O) groups is 1. The lowest BCUT2D eigenvalue weighted by Crippen LogP contribution is -2.29. The molecule has 2 rings (SSSR count). The topological polar surface area (TPSA) is 46.3 Å². The van der Waals surface area contributed by atoms with Crippen LogP contribution in [0, 0.1) is 5.92 Å². The van der Waals surface area contributed by atoms with Crippen molar-refractivity contribution in [3.8, 4) is 0 Å². The Balaban J connectivity index is 2.04. The summed E-state index contributed by atoms with van der Waals surface area (Å²) in [5.41, 5.74) is 7.71. The van der Waals surface area contributed by atoms with E-state index < -0.39 is 0 Å². The van der Waals surface area contributed by atoms with Gasteiger partial charge in [0.05, 0.1) is 0 Å². The van der Waals surface area contributed by atoms with Crippen molar-refractivity contribution in [2.24, 2.45) is 5.92 Å². The molecule has 1 atom stereocenters. The van der Waals surface area contributed by atoms with Crippen LogP contribution >= 0.6 is 15.9 Å². The van der Waals surface area contributed by atoms with Gasteiger partial charge in [0.25, 0.3) is 0 Å². The first-order chi connectivity index (χ1) is 9.10. The van der Waals surface area contributed by atoms with Gasteiger partial charge in [-0.15, -0.1) is 0 Å². The average molecular weight is 325 g/mol. The molecule has 1 aliphatic heterocycles. The smallest absolute Gasteiger partial charge is 0.222 e. The van der Waals surface area contributed by atoms with Crippen LogP contribution in [0.15, 0.2) is 22.7 Å². The second-order valence-corrected chi connectivity index (χ2v) is 6.13. The van der Waals surface area contributed by atoms with Crippen molar-refractivity contribution in [2.75, 3.05) is 12.3 Å². The predicted octanol–water partition coefficient (Wildman–Crippen LogP) is 3.57. The Morgan fingerprint density at radius 1 is 1.42 bits per heavy atom. The SMILES string of the molecule is CCC1CCC(=O)N(Cc2ccc(Br)c(N)c2)CC1. The monoisotopic (exact) mass is 324 g/mol. The van der Waals surface area contributed by atoms with E-state index in [1.165, 1.54) is 6.42 Å². The molecule has 0 radical (unpaired) electrons. The van der Waals surface area contributed by atoms with Crippen molar-refractivity contribution >= 4 is 27.5 Å². The standard InChI is InChI=1S/C15H21BrN2O/c1-2-11-4-6-15(19)18(8-7-11)10-12-3-5-13(16)14(17)9-12/h3,5,9,11H,2,4,6-8,10,17H2,1H3. The highest BCUT2D eigenvalue weighted by Crippen LogP contribution is 2.24. The first kappa shape index (κ1) is 14.4. The maximum Gasteiger partial charge on any atom is 0.222 e. The van der Waals surface area contributed by atoms with Gasteiger partial charge in [0.15, 0.2) is 0 Å². The van der Waals surface area contributed by atoms with E-state index in [2.05, 4.69) is 22.9 Å². The lowest BCUT2D eigenvalue weighted by atomic mass is 9.98. The van der Waals surface area contributed by atoms with Gasteiger partial charge in [0, 0.05) is 29.7 Å². The van der Waals surface area contributed by atoms with Crippen LogP contribution in [-0.4, -0.2) is 17.4 Å². The highest BCUT2D eigenvalue weighted by Gasteiger charge is 2.21. The normalized spacial score (nSPS) is 20.4. The van der Waals surface area contributed by atoms with Crippen LogP contribution in [0.25, 0.3) is 0 Å². The third-order valence-corrected chi connectivity index (χ3v) is 4.66. The second kappa shape index (κ2) is 6.42. The molecule has 1 unspecified atom stereocenters. The molecular weight excluding hydrogens is 304 g/mol. The number of anilines is 1. The molecular formula is C15H21BrN2O. The van der Waals surface area contributed by atoms with E-state index in [1.54, 1.807) is 0 Å². The summed E-state index contributed by atoms with van der Waals surface area (Å²) in [5, 5.41) is 0. The highest BCUT2D eigenvalue weighted by atomic mass is 79.9. The number of carbonyl (C=O) groups excluding carboxylic acids is 1. The van der Waals surface area contributed by atoms with Gasteiger partial charge in [-0.25, -0.2) is 0 Å². The highest BCUT2D eigenvalue weighted by molar-refractivity contribution is 9.10. The summed E-state index contributed by atoms with van der Waals surface area (Å²) >= 11 is 3.39. The number of amides is 1. The number of nitrogens with two attached hydrogens (primary N) is 1. The van der Waals surface area contributed by atoms with Crippen molar-refractivity contribution in [1.82, 2.24) is 4.90 Å². The molecule has 0 bridgehead atoms. The molecule has 1 aliphatic rings. The summed E-state index contributed by atoms with van der Waals surface area (Å²) in [6, 6.07) is 5.91. The predicted molar refractivity (Wildman–Crippen MR) is 81.6 cm³/mol. The van der Waals surface area contributed by atoms with Gasteiger partial charge in [-0.1, -0.05) is 19.4 Å². The molecule has 2 N–H and O–H groups in total. The summed E-state index contributed by atoms with van der Waals surface area (Å²) in [6.45, 7) is 3.75. The second-order valence-electron chi connectivity index (χ2n) is 5.27. The van der Waals surface area contributed by atoms with E-state index in [9.17, 15) is 4.79 Å². The number of rotatable bonds is 3. The van der Waals surface area contributed by atoms with Gasteiger partial charge >= 0.3 is 0 Å². The van der Waals surface area contributed by atoms with E-state index in [-0.39, 0.29) is 5.91 Å². The van der Waals surface area contributed by atoms with E-state index in [4.69, 9.17) is 5.73 Å². The van der Waals surface area contributed by atoms with Gasteiger partial charge in [-0.3, -0.25) is 4.79 Å². The molecule has 1 saturated heterocycles. The number of nitrogen functional groups attached to an aromatic ring is 1. The fourth-order valence-electron chi connectivity index (χ4n) is 2.58. The molecule has 1 fully saturated rings. The number of nitrogens with zero attached hydrogens (tertiary/aromatic N) is 1. The van der Waals surface area contributed by atoms with Crippen molar-refractivity contribution in [3.63, 3.8) is 0 Å². The molecule has 0 aliphatic carbocycles. The molecule has 0 spiro atoms. The Bertz CT molecular complexity index is 461. The molecule has 0 saturated carbocycles. The Morgan fingerprint density at radius 2 is 2.21 bits per heavy atom. The van der Waals surface area contributed by atoms with Gasteiger partial charge in [0.2, 0.25) is 5.91 Å². The van der Waals surface area contributed by atoms with Crippen LogP contribution < -0.4 is 5.73 Å². The molecule has 1 aromatic carbocycles. The summed E-state index contributed by atoms with van der Waals surface area (Å²) in [6.07, 6.45) is 4.01. The molecule has 104 valence electrons. The van der Waals surface area contributed by atoms with Crippen LogP contribution in [-0.2, 0) is 11.3 Å². The third kappa shape index (κ3) is 3.72. The van der Waals surface area contributed by atoms with Crippen LogP contribution in [0.1, 0.15) is 38.2 Å². The summed E-state index contributed by atoms with van der Waals surface area (Å²) in [4.78, 5) is 14.1. The maximum absolute atomic E-state index is 12.1. The van der Waals surface area contributed by atoms with E-state index in [0.717, 1.165) is 35.1 Å². The van der Waals surface area contributed by atoms with Gasteiger partial charge in [-0.05, 0) is 52.4 Å². The van der Waals surface area contributed by atoms with Crippen LogP contribution in [0.3, 0.4) is 0 Å². The minimum atomic E-state index is 0.275. The Labute approximate surface area is 123 Å². The van der Waals surface area contributed by atoms with Crippen LogP contribution in [0.5, 0.6) is 0 Å². The van der Waals surface area contributed by atoms with Crippen molar-refractivity contribution in [1.29, 1.82) is 0 Å². The molecule has 4 heteroatoms. The maximum atomic E-state index is 12.1. The first-order valence-electron chi connectivity index (χ1n) is 6.91. The molecule has 19 heavy (non-hydrogen) atoms. The number of halogens is 1. The van der Waals surface area contributed by atoms with Gasteiger partial charge in [0.1, 0.15) is 0 Å². The molecule has 1 aromatic rings. The summed E-state index contributed by atoms with van der Waals surface area (Å²) < 4.78 is 0.907. The largest absolute Gasteiger partial charge is 0.398 e. The number of benzene rings is 1. The van der Waals surface area contributed by atoms with E-state index in [1.807, 2.05) is 23.1 Å². The zero-order valence-corrected chi connectivity index (χ0v) is 12.9. The van der Waals surface area contributed by atoms with Crippen molar-refractivity contribution in [3.05, 3.63) is 28.2 Å². The minimum absolute atomic E-state index is 0.275. The number of likely N-dealkylation sites (tertiary alicyclic amines) is 1. The number of hydrogen-bond donors (Lipinski definition) is 1. The quantitative estimate of drug-likeness (QED) is 0.864. The van der Waals surface area contributed by atoms with Crippen LogP contribution in [0.2, 0.25) is 0 Å². The fourth-order valence-corrected chi connectivity index (χ4v) is 2.83. The number of hydrogen-bond acceptors (Lipinski definition) is 2. The van der Waals surface area contributed by atoms with Gasteiger partial charge in [-0.2, -0.15) is 0 Å². The Kier molecular flexibility index (Phi) is 4.86. The van der Waals surface area contributed by atoms with Gasteiger partial charge < -0.3 is 10.6 Å². The molecule has 1 amide bonds. The third-order valence-electron chi connectivity index (χ3n) is 3.94. The lowest BCUT2D eigenvalue weighted by molar-refractivity contribution is -0.131. The Hall–Kier alpha value is -1.03. The van der Waals surface area contributed by atoms with Crippen LogP contribution in [0.4, 0.5) is 5.69 Å². The van der Waals surface area contributed by atoms with Crippen molar-refractivity contribution < 1.29 is 4.79 Å². The summed E-state index contributed by atoms with van der Waals surface area (Å²) in [5.74, 6) is 0.973. The molecule has 1 heterocycles. The Morgan fingerprint density at radius 3 is 2.89 bits per heavy atom. The first-order valence-corrected chi connectivity index (χ1v) is 7.71. The average Bonchev–Trinajstić information content (AvgIpc) is 2.57. The summed E-state index contributed by atoms with van der Waals surface area (Å²) in [7, 11) is 0.